The van der Waals surface area contributed by atoms with E-state index in [1.54, 1.807) is 23.4 Å². The molecule has 1 aromatic carbocycles. The molecule has 1 aromatic heterocycles. The van der Waals surface area contributed by atoms with Crippen LogP contribution in [0.25, 0.3) is 0 Å². The molecule has 3 rings (SSSR count). The number of amides is 1. The van der Waals surface area contributed by atoms with Gasteiger partial charge in [-0.1, -0.05) is 0 Å². The Balaban J connectivity index is 1.88. The molecule has 0 spiro atoms. The summed E-state index contributed by atoms with van der Waals surface area (Å²) < 4.78 is 0.831. The Labute approximate surface area is 134 Å². The van der Waals surface area contributed by atoms with Crippen molar-refractivity contribution < 1.29 is 4.79 Å². The predicted molar refractivity (Wildman–Crippen MR) is 83.9 cm³/mol. The molecule has 21 heavy (non-hydrogen) atoms. The van der Waals surface area contributed by atoms with Crippen LogP contribution >= 0.6 is 11.6 Å². The van der Waals surface area contributed by atoms with Gasteiger partial charge in [0, 0.05) is 0 Å². The number of para-hydroxylation sites is 1. The van der Waals surface area contributed by atoms with Gasteiger partial charge in [0.1, 0.15) is 0 Å². The number of aromatic nitrogens is 1. The summed E-state index contributed by atoms with van der Waals surface area (Å²) in [6.45, 7) is 0.534. The molecular formula is C15H12ClN3OSe. The van der Waals surface area contributed by atoms with Crippen molar-refractivity contribution in [1.82, 2.24) is 9.88 Å². The molecule has 1 aliphatic heterocycles. The number of rotatable bonds is 3. The molecule has 2 heterocycles. The summed E-state index contributed by atoms with van der Waals surface area (Å²) in [6, 6.07) is 11.2. The van der Waals surface area contributed by atoms with E-state index in [4.69, 9.17) is 11.6 Å². The summed E-state index contributed by atoms with van der Waals surface area (Å²) in [7, 11) is 0. The number of pyridine rings is 1. The van der Waals surface area contributed by atoms with Gasteiger partial charge in [-0.05, 0) is 0 Å². The van der Waals surface area contributed by atoms with Crippen LogP contribution < -0.4 is 0 Å². The van der Waals surface area contributed by atoms with E-state index in [9.17, 15) is 4.79 Å². The number of carbonyl (C=O) groups excluding carboxylic acids is 1. The van der Waals surface area contributed by atoms with Gasteiger partial charge >= 0.3 is 134 Å². The summed E-state index contributed by atoms with van der Waals surface area (Å²) in [5, 5.41) is 1.16. The zero-order chi connectivity index (χ0) is 14.7. The van der Waals surface area contributed by atoms with Crippen molar-refractivity contribution in [3.63, 3.8) is 0 Å². The number of halogens is 1. The average molecular weight is 365 g/mol. The van der Waals surface area contributed by atoms with Gasteiger partial charge in [-0.2, -0.15) is 0 Å². The zero-order valence-corrected chi connectivity index (χ0v) is 13.5. The quantitative estimate of drug-likeness (QED) is 0.786. The van der Waals surface area contributed by atoms with E-state index in [2.05, 4.69) is 9.98 Å². The number of aliphatic imine (C=N–C) groups is 1. The van der Waals surface area contributed by atoms with Crippen molar-refractivity contribution in [3.05, 3.63) is 59.4 Å². The van der Waals surface area contributed by atoms with E-state index in [-0.39, 0.29) is 20.9 Å². The normalized spacial score (nSPS) is 16.7. The van der Waals surface area contributed by atoms with Crippen molar-refractivity contribution in [2.75, 3.05) is 0 Å². The van der Waals surface area contributed by atoms with E-state index in [1.807, 2.05) is 30.3 Å². The van der Waals surface area contributed by atoms with E-state index >= 15 is 0 Å². The van der Waals surface area contributed by atoms with E-state index in [1.165, 1.54) is 0 Å². The van der Waals surface area contributed by atoms with Crippen LogP contribution in [0.3, 0.4) is 0 Å². The van der Waals surface area contributed by atoms with Crippen LogP contribution in [-0.4, -0.2) is 35.5 Å². The summed E-state index contributed by atoms with van der Waals surface area (Å²) in [4.78, 5) is 22.4. The molecular weight excluding hydrogens is 353 g/mol. The molecule has 2 aromatic rings. The number of amidine groups is 1. The molecule has 1 aliphatic rings. The van der Waals surface area contributed by atoms with Gasteiger partial charge in [0.05, 0.1) is 0 Å². The molecule has 0 N–H and O–H groups in total. The van der Waals surface area contributed by atoms with Crippen LogP contribution in [0.2, 0.25) is 10.3 Å². The maximum absolute atomic E-state index is 12.1. The molecule has 4 nitrogen and oxygen atoms in total. The van der Waals surface area contributed by atoms with Gasteiger partial charge < -0.3 is 0 Å². The van der Waals surface area contributed by atoms with Gasteiger partial charge in [-0.25, -0.2) is 0 Å². The summed E-state index contributed by atoms with van der Waals surface area (Å²) in [5.41, 5.74) is 1.76. The molecule has 6 heteroatoms. The third-order valence-electron chi connectivity index (χ3n) is 3.02. The fraction of sp³-hybridized carbons (Fsp3) is 0.133. The van der Waals surface area contributed by atoms with Gasteiger partial charge in [0.2, 0.25) is 0 Å². The fourth-order valence-corrected chi connectivity index (χ4v) is 4.01. The van der Waals surface area contributed by atoms with Gasteiger partial charge in [0.15, 0.2) is 0 Å². The monoisotopic (exact) mass is 365 g/mol. The Bertz CT molecular complexity index is 690. The van der Waals surface area contributed by atoms with E-state index in [0.29, 0.717) is 22.6 Å². The summed E-state index contributed by atoms with van der Waals surface area (Å²) in [5.74, 6) is 0.123. The molecule has 0 aliphatic carbocycles. The van der Waals surface area contributed by atoms with Crippen molar-refractivity contribution in [2.24, 2.45) is 4.99 Å². The Kier molecular flexibility index (Phi) is 4.34. The number of nitrogens with zero attached hydrogens (tertiary/aromatic N) is 3. The van der Waals surface area contributed by atoms with Crippen LogP contribution in [0.15, 0.2) is 53.8 Å². The first-order chi connectivity index (χ1) is 10.2. The van der Waals surface area contributed by atoms with Gasteiger partial charge in [0.25, 0.3) is 0 Å². The fourth-order valence-electron chi connectivity index (χ4n) is 1.95. The third-order valence-corrected chi connectivity index (χ3v) is 5.35. The van der Waals surface area contributed by atoms with Gasteiger partial charge in [-0.15, -0.1) is 0 Å². The first-order valence-corrected chi connectivity index (χ1v) is 8.84. The minimum atomic E-state index is 0.0588. The Morgan fingerprint density at radius 1 is 1.24 bits per heavy atom. The van der Waals surface area contributed by atoms with Crippen LogP contribution in [0.4, 0.5) is 5.69 Å². The minimum absolute atomic E-state index is 0.0588. The van der Waals surface area contributed by atoms with E-state index in [0.717, 1.165) is 10.3 Å². The van der Waals surface area contributed by atoms with Crippen molar-refractivity contribution in [2.45, 2.75) is 11.9 Å². The van der Waals surface area contributed by atoms with E-state index < -0.39 is 0 Å². The molecule has 0 atom stereocenters. The molecule has 0 bridgehead atoms. The first-order valence-electron chi connectivity index (χ1n) is 6.39. The number of hydrogen-bond acceptors (Lipinski definition) is 3. The standard InChI is InChI=1S/C15H12ClN3OSe/c16-12-3-1-2-4-13(12)18-15-19(14(20)10-21-15)9-11-5-7-17-8-6-11/h1-8H,9-10H2. The molecule has 106 valence electrons. The summed E-state index contributed by atoms with van der Waals surface area (Å²) in [6.07, 6.45) is 3.46. The Hall–Kier alpha value is -1.68. The van der Waals surface area contributed by atoms with Crippen LogP contribution in [0.1, 0.15) is 5.56 Å². The second-order valence-corrected chi connectivity index (χ2v) is 6.85. The molecule has 0 radical (unpaired) electrons. The molecule has 1 amide bonds. The number of benzene rings is 1. The second-order valence-electron chi connectivity index (χ2n) is 4.47. The molecule has 0 unspecified atom stereocenters. The Morgan fingerprint density at radius 2 is 2.00 bits per heavy atom. The summed E-state index contributed by atoms with van der Waals surface area (Å²) >= 11 is 6.19. The van der Waals surface area contributed by atoms with Crippen molar-refractivity contribution in [1.29, 1.82) is 0 Å². The molecule has 1 saturated heterocycles. The van der Waals surface area contributed by atoms with Crippen LogP contribution in [0, 0.1) is 0 Å². The van der Waals surface area contributed by atoms with Crippen LogP contribution in [0.5, 0.6) is 0 Å². The topological polar surface area (TPSA) is 45.6 Å². The average Bonchev–Trinajstić information content (AvgIpc) is 2.84. The van der Waals surface area contributed by atoms with Crippen LogP contribution in [-0.2, 0) is 11.3 Å². The molecule has 1 fully saturated rings. The Morgan fingerprint density at radius 3 is 2.76 bits per heavy atom. The van der Waals surface area contributed by atoms with Gasteiger partial charge in [-0.3, -0.25) is 0 Å². The predicted octanol–water partition coefficient (Wildman–Crippen LogP) is 2.89. The zero-order valence-electron chi connectivity index (χ0n) is 11.1. The number of carbonyl (C=O) groups is 1. The number of hydrogen-bond donors (Lipinski definition) is 0. The van der Waals surface area contributed by atoms with Crippen molar-refractivity contribution in [3.8, 4) is 0 Å². The van der Waals surface area contributed by atoms with Crippen molar-refractivity contribution >= 4 is 42.9 Å². The first kappa shape index (κ1) is 14.3. The SMILES string of the molecule is O=C1C[Se]C(=Nc2ccccc2Cl)N1Cc1ccncc1. The second kappa shape index (κ2) is 6.39. The maximum atomic E-state index is 12.1. The molecule has 0 saturated carbocycles. The third kappa shape index (κ3) is 3.32.